The van der Waals surface area contributed by atoms with Crippen LogP contribution in [0.5, 0.6) is 0 Å². The second-order valence-corrected chi connectivity index (χ2v) is 3.84. The first kappa shape index (κ1) is 11.4. The lowest BCUT2D eigenvalue weighted by atomic mass is 10.2. The molecular weight excluding hydrogens is 217 g/mol. The summed E-state index contributed by atoms with van der Waals surface area (Å²) in [7, 11) is 0. The summed E-state index contributed by atoms with van der Waals surface area (Å²) in [5, 5.41) is 3.99. The molecule has 14 heavy (non-hydrogen) atoms. The normalized spacial score (nSPS) is 11.6. The Bertz CT molecular complexity index is 345. The van der Waals surface area contributed by atoms with Crippen molar-refractivity contribution in [2.75, 3.05) is 11.9 Å². The highest BCUT2D eigenvalue weighted by atomic mass is 35.5. The van der Waals surface area contributed by atoms with Crippen molar-refractivity contribution in [3.63, 3.8) is 0 Å². The van der Waals surface area contributed by atoms with Crippen molar-refractivity contribution in [2.24, 2.45) is 0 Å². The summed E-state index contributed by atoms with van der Waals surface area (Å²) in [5.74, 6) is 0. The summed E-state index contributed by atoms with van der Waals surface area (Å²) in [6, 6.07) is 5.91. The summed E-state index contributed by atoms with van der Waals surface area (Å²) in [5.41, 5.74) is 4.66. The van der Waals surface area contributed by atoms with E-state index in [0.717, 1.165) is 21.8 Å². The van der Waals surface area contributed by atoms with E-state index in [1.54, 1.807) is 5.54 Å². The molecule has 1 aromatic carbocycles. The van der Waals surface area contributed by atoms with E-state index in [1.807, 2.05) is 32.0 Å². The molecule has 0 bridgehead atoms. The maximum absolute atomic E-state index is 6.10. The van der Waals surface area contributed by atoms with Gasteiger partial charge in [0.05, 0.1) is 10.7 Å². The Morgan fingerprint density at radius 2 is 2.21 bits per heavy atom. The van der Waals surface area contributed by atoms with Crippen LogP contribution in [0.1, 0.15) is 12.5 Å². The topological polar surface area (TPSA) is 12.0 Å². The van der Waals surface area contributed by atoms with Crippen LogP contribution in [0.25, 0.3) is 0 Å². The van der Waals surface area contributed by atoms with Crippen molar-refractivity contribution in [3.05, 3.63) is 39.9 Å². The lowest BCUT2D eigenvalue weighted by Gasteiger charge is -2.09. The maximum Gasteiger partial charge on any atom is 0.0666 e. The predicted molar refractivity (Wildman–Crippen MR) is 64.3 cm³/mol. The Hall–Kier alpha value is -0.660. The van der Waals surface area contributed by atoms with Gasteiger partial charge < -0.3 is 5.32 Å². The van der Waals surface area contributed by atoms with Crippen LogP contribution in [-0.4, -0.2) is 6.54 Å². The average molecular weight is 230 g/mol. The lowest BCUT2D eigenvalue weighted by Crippen LogP contribution is -2.03. The van der Waals surface area contributed by atoms with Gasteiger partial charge in [0, 0.05) is 12.1 Å². The first-order valence-corrected chi connectivity index (χ1v) is 5.21. The third-order valence-electron chi connectivity index (χ3n) is 1.94. The number of hydrogen-bond donors (Lipinski definition) is 1. The van der Waals surface area contributed by atoms with Crippen molar-refractivity contribution >= 4 is 28.9 Å². The molecule has 1 N–H and O–H groups in total. The van der Waals surface area contributed by atoms with Gasteiger partial charge in [0.15, 0.2) is 0 Å². The van der Waals surface area contributed by atoms with E-state index in [-0.39, 0.29) is 0 Å². The van der Waals surface area contributed by atoms with Gasteiger partial charge in [-0.05, 0) is 31.1 Å². The zero-order valence-electron chi connectivity index (χ0n) is 8.27. The Morgan fingerprint density at radius 3 is 2.86 bits per heavy atom. The van der Waals surface area contributed by atoms with Crippen LogP contribution in [0.4, 0.5) is 5.69 Å². The van der Waals surface area contributed by atoms with E-state index >= 15 is 0 Å². The van der Waals surface area contributed by atoms with Crippen LogP contribution in [0.2, 0.25) is 5.02 Å². The van der Waals surface area contributed by atoms with Crippen molar-refractivity contribution in [2.45, 2.75) is 13.8 Å². The molecule has 0 aliphatic heterocycles. The maximum atomic E-state index is 6.10. The van der Waals surface area contributed by atoms with Crippen LogP contribution in [0, 0.1) is 6.92 Å². The molecule has 0 spiro atoms. The summed E-state index contributed by atoms with van der Waals surface area (Å²) in [6.45, 7) is 4.66. The van der Waals surface area contributed by atoms with Crippen molar-refractivity contribution in [3.8, 4) is 0 Å². The van der Waals surface area contributed by atoms with E-state index in [2.05, 4.69) is 5.32 Å². The third-order valence-corrected chi connectivity index (χ3v) is 2.81. The first-order chi connectivity index (χ1) is 6.65. The number of anilines is 1. The molecule has 0 saturated carbocycles. The van der Waals surface area contributed by atoms with Gasteiger partial charge >= 0.3 is 0 Å². The molecule has 3 heteroatoms. The molecule has 0 aromatic heterocycles. The minimum atomic E-state index is 0.715. The second-order valence-electron chi connectivity index (χ2n) is 3.25. The third kappa shape index (κ3) is 2.93. The standard InChI is InChI=1S/C11H13Cl2N/c1-8(6-12)7-14-10-5-3-4-9(2)11(10)13/h3-6,14H,7H2,1-2H3/b8-6-. The Balaban J connectivity index is 2.73. The van der Waals surface area contributed by atoms with Crippen molar-refractivity contribution in [1.82, 2.24) is 0 Å². The largest absolute Gasteiger partial charge is 0.380 e. The quantitative estimate of drug-likeness (QED) is 0.820. The van der Waals surface area contributed by atoms with Crippen molar-refractivity contribution in [1.29, 1.82) is 0 Å². The lowest BCUT2D eigenvalue weighted by molar-refractivity contribution is 1.21. The van der Waals surface area contributed by atoms with Crippen LogP contribution in [0.15, 0.2) is 29.3 Å². The average Bonchev–Trinajstić information content (AvgIpc) is 2.20. The molecular formula is C11H13Cl2N. The summed E-state index contributed by atoms with van der Waals surface area (Å²) in [6.07, 6.45) is 0. The fourth-order valence-corrected chi connectivity index (χ4v) is 1.33. The molecule has 0 fully saturated rings. The monoisotopic (exact) mass is 229 g/mol. The van der Waals surface area contributed by atoms with Crippen LogP contribution >= 0.6 is 23.2 Å². The van der Waals surface area contributed by atoms with Gasteiger partial charge in [-0.25, -0.2) is 0 Å². The van der Waals surface area contributed by atoms with Crippen molar-refractivity contribution < 1.29 is 0 Å². The Labute approximate surface area is 94.7 Å². The zero-order valence-corrected chi connectivity index (χ0v) is 9.78. The number of hydrogen-bond acceptors (Lipinski definition) is 1. The summed E-state index contributed by atoms with van der Waals surface area (Å²) in [4.78, 5) is 0. The van der Waals surface area contributed by atoms with E-state index in [4.69, 9.17) is 23.2 Å². The van der Waals surface area contributed by atoms with Gasteiger partial charge in [-0.15, -0.1) is 0 Å². The molecule has 0 radical (unpaired) electrons. The fourth-order valence-electron chi connectivity index (χ4n) is 1.06. The van der Waals surface area contributed by atoms with Gasteiger partial charge in [-0.1, -0.05) is 35.3 Å². The van der Waals surface area contributed by atoms with Crippen LogP contribution in [-0.2, 0) is 0 Å². The SMILES string of the molecule is C/C(=C/Cl)CNc1cccc(C)c1Cl. The molecule has 0 atom stereocenters. The summed E-state index contributed by atoms with van der Waals surface area (Å²) < 4.78 is 0. The highest BCUT2D eigenvalue weighted by molar-refractivity contribution is 6.34. The number of nitrogens with one attached hydrogen (secondary N) is 1. The Kier molecular flexibility index (Phi) is 4.30. The molecule has 0 amide bonds. The number of aryl methyl sites for hydroxylation is 1. The Morgan fingerprint density at radius 1 is 1.50 bits per heavy atom. The first-order valence-electron chi connectivity index (χ1n) is 4.40. The molecule has 1 nitrogen and oxygen atoms in total. The van der Waals surface area contributed by atoms with Gasteiger partial charge in [0.2, 0.25) is 0 Å². The van der Waals surface area contributed by atoms with E-state index < -0.39 is 0 Å². The number of benzene rings is 1. The fraction of sp³-hybridized carbons (Fsp3) is 0.273. The van der Waals surface area contributed by atoms with Crippen LogP contribution < -0.4 is 5.32 Å². The zero-order chi connectivity index (χ0) is 10.6. The van der Waals surface area contributed by atoms with Gasteiger partial charge in [-0.2, -0.15) is 0 Å². The highest BCUT2D eigenvalue weighted by Crippen LogP contribution is 2.25. The van der Waals surface area contributed by atoms with Gasteiger partial charge in [0.25, 0.3) is 0 Å². The van der Waals surface area contributed by atoms with Crippen LogP contribution in [0.3, 0.4) is 0 Å². The molecule has 0 aliphatic rings. The smallest absolute Gasteiger partial charge is 0.0666 e. The predicted octanol–water partition coefficient (Wildman–Crippen LogP) is 4.20. The van der Waals surface area contributed by atoms with Gasteiger partial charge in [-0.3, -0.25) is 0 Å². The second kappa shape index (κ2) is 5.28. The minimum Gasteiger partial charge on any atom is -0.380 e. The molecule has 1 rings (SSSR count). The molecule has 0 saturated heterocycles. The molecule has 0 aliphatic carbocycles. The molecule has 76 valence electrons. The molecule has 0 unspecified atom stereocenters. The van der Waals surface area contributed by atoms with E-state index in [0.29, 0.717) is 6.54 Å². The minimum absolute atomic E-state index is 0.715. The highest BCUT2D eigenvalue weighted by Gasteiger charge is 2.01. The number of halogens is 2. The molecule has 1 aromatic rings. The van der Waals surface area contributed by atoms with Gasteiger partial charge in [0.1, 0.15) is 0 Å². The van der Waals surface area contributed by atoms with E-state index in [1.165, 1.54) is 0 Å². The molecule has 0 heterocycles. The summed E-state index contributed by atoms with van der Waals surface area (Å²) >= 11 is 11.7. The van der Waals surface area contributed by atoms with E-state index in [9.17, 15) is 0 Å². The number of rotatable bonds is 3.